The zero-order valence-corrected chi connectivity index (χ0v) is 12.7. The highest BCUT2D eigenvalue weighted by molar-refractivity contribution is 7.89. The van der Waals surface area contributed by atoms with Crippen molar-refractivity contribution in [2.45, 2.75) is 31.1 Å². The van der Waals surface area contributed by atoms with E-state index in [1.165, 1.54) is 7.11 Å². The Balaban J connectivity index is 2.23. The minimum Gasteiger partial charge on any atom is -0.495 e. The van der Waals surface area contributed by atoms with E-state index in [1.54, 1.807) is 12.1 Å². The quantitative estimate of drug-likeness (QED) is 0.796. The van der Waals surface area contributed by atoms with Crippen LogP contribution in [0.2, 0.25) is 0 Å². The van der Waals surface area contributed by atoms with E-state index >= 15 is 0 Å². The van der Waals surface area contributed by atoms with E-state index < -0.39 is 10.0 Å². The molecule has 0 atom stereocenters. The molecule has 1 aromatic rings. The second-order valence-electron chi connectivity index (χ2n) is 5.32. The van der Waals surface area contributed by atoms with Crippen LogP contribution in [0.1, 0.15) is 25.3 Å². The molecule has 1 aliphatic rings. The molecule has 1 saturated carbocycles. The Labute approximate surface area is 120 Å². The first-order chi connectivity index (χ1) is 9.46. The number of aliphatic hydroxyl groups excluding tert-OH is 1. The summed E-state index contributed by atoms with van der Waals surface area (Å²) >= 11 is 0. The molecule has 5 nitrogen and oxygen atoms in total. The van der Waals surface area contributed by atoms with Crippen LogP contribution in [0, 0.1) is 5.41 Å². The number of benzene rings is 1. The fourth-order valence-electron chi connectivity index (χ4n) is 2.04. The topological polar surface area (TPSA) is 75.6 Å². The molecule has 0 saturated heterocycles. The summed E-state index contributed by atoms with van der Waals surface area (Å²) in [5.74, 6) is 0.337. The largest absolute Gasteiger partial charge is 0.495 e. The maximum atomic E-state index is 12.4. The third-order valence-electron chi connectivity index (χ3n) is 3.86. The normalized spacial score (nSPS) is 16.9. The molecule has 1 fully saturated rings. The van der Waals surface area contributed by atoms with Gasteiger partial charge in [-0.3, -0.25) is 0 Å². The predicted octanol–water partition coefficient (Wildman–Crippen LogP) is 1.31. The van der Waals surface area contributed by atoms with Gasteiger partial charge in [-0.25, -0.2) is 13.1 Å². The van der Waals surface area contributed by atoms with Gasteiger partial charge >= 0.3 is 0 Å². The Morgan fingerprint density at radius 3 is 2.60 bits per heavy atom. The molecule has 1 aromatic carbocycles. The highest BCUT2D eigenvalue weighted by atomic mass is 32.2. The highest BCUT2D eigenvalue weighted by Crippen LogP contribution is 2.44. The van der Waals surface area contributed by atoms with Crippen LogP contribution in [0.3, 0.4) is 0 Å². The van der Waals surface area contributed by atoms with Crippen LogP contribution >= 0.6 is 0 Å². The van der Waals surface area contributed by atoms with E-state index in [0.29, 0.717) is 5.75 Å². The number of aryl methyl sites for hydroxylation is 1. The molecule has 1 aliphatic carbocycles. The van der Waals surface area contributed by atoms with Gasteiger partial charge in [-0.05, 0) is 37.0 Å². The maximum Gasteiger partial charge on any atom is 0.244 e. The second-order valence-corrected chi connectivity index (χ2v) is 7.06. The van der Waals surface area contributed by atoms with E-state index in [1.807, 2.05) is 13.0 Å². The van der Waals surface area contributed by atoms with Gasteiger partial charge < -0.3 is 9.84 Å². The first-order valence-corrected chi connectivity index (χ1v) is 8.22. The number of rotatable bonds is 7. The highest BCUT2D eigenvalue weighted by Gasteiger charge is 2.42. The number of hydrogen-bond donors (Lipinski definition) is 2. The molecule has 2 N–H and O–H groups in total. The lowest BCUT2D eigenvalue weighted by Crippen LogP contribution is -2.32. The van der Waals surface area contributed by atoms with Crippen molar-refractivity contribution < 1.29 is 18.3 Å². The third-order valence-corrected chi connectivity index (χ3v) is 5.28. The number of sulfonamides is 1. The number of methoxy groups -OCH3 is 1. The van der Waals surface area contributed by atoms with Crippen molar-refractivity contribution in [1.82, 2.24) is 4.72 Å². The summed E-state index contributed by atoms with van der Waals surface area (Å²) in [6.07, 6.45) is 2.48. The number of ether oxygens (including phenoxy) is 1. The van der Waals surface area contributed by atoms with Crippen molar-refractivity contribution in [2.24, 2.45) is 5.41 Å². The molecule has 0 spiro atoms. The van der Waals surface area contributed by atoms with Gasteiger partial charge in [0.2, 0.25) is 10.0 Å². The molecule has 6 heteroatoms. The Bertz CT molecular complexity index is 579. The van der Waals surface area contributed by atoms with Gasteiger partial charge in [0.05, 0.1) is 7.11 Å². The van der Waals surface area contributed by atoms with Gasteiger partial charge in [0, 0.05) is 18.6 Å². The molecule has 20 heavy (non-hydrogen) atoms. The lowest BCUT2D eigenvalue weighted by molar-refractivity contribution is 0.213. The molecule has 0 unspecified atom stereocenters. The van der Waals surface area contributed by atoms with Gasteiger partial charge in [0.25, 0.3) is 0 Å². The van der Waals surface area contributed by atoms with Crippen molar-refractivity contribution >= 4 is 10.0 Å². The Hall–Kier alpha value is -1.11. The zero-order valence-electron chi connectivity index (χ0n) is 11.8. The molecule has 0 heterocycles. The summed E-state index contributed by atoms with van der Waals surface area (Å²) in [5, 5.41) is 9.25. The lowest BCUT2D eigenvalue weighted by Gasteiger charge is -2.15. The van der Waals surface area contributed by atoms with E-state index in [-0.39, 0.29) is 23.5 Å². The van der Waals surface area contributed by atoms with Crippen LogP contribution in [0.4, 0.5) is 0 Å². The first-order valence-electron chi connectivity index (χ1n) is 6.74. The number of nitrogens with one attached hydrogen (secondary N) is 1. The van der Waals surface area contributed by atoms with Gasteiger partial charge in [0.15, 0.2) is 0 Å². The van der Waals surface area contributed by atoms with Crippen molar-refractivity contribution in [2.75, 3.05) is 20.3 Å². The molecule has 0 bridgehead atoms. The Morgan fingerprint density at radius 2 is 2.10 bits per heavy atom. The number of hydrogen-bond acceptors (Lipinski definition) is 4. The van der Waals surface area contributed by atoms with Gasteiger partial charge in [-0.2, -0.15) is 0 Å². The van der Waals surface area contributed by atoms with Crippen LogP contribution in [0.15, 0.2) is 23.1 Å². The van der Waals surface area contributed by atoms with Crippen molar-refractivity contribution in [3.8, 4) is 5.75 Å². The second kappa shape index (κ2) is 5.71. The fourth-order valence-corrected chi connectivity index (χ4v) is 3.42. The SMILES string of the molecule is CCc1ccc(OC)c(S(=O)(=O)NCC2(CO)CC2)c1. The summed E-state index contributed by atoms with van der Waals surface area (Å²) in [7, 11) is -2.17. The standard InChI is InChI=1S/C14H21NO4S/c1-3-11-4-5-12(19-2)13(8-11)20(17,18)15-9-14(10-16)6-7-14/h4-5,8,15-16H,3,6-7,9-10H2,1-2H3. The van der Waals surface area contributed by atoms with E-state index in [0.717, 1.165) is 24.8 Å². The zero-order chi connectivity index (χ0) is 14.8. The fraction of sp³-hybridized carbons (Fsp3) is 0.571. The molecule has 112 valence electrons. The van der Waals surface area contributed by atoms with E-state index in [9.17, 15) is 13.5 Å². The average molecular weight is 299 g/mol. The Kier molecular flexibility index (Phi) is 4.36. The monoisotopic (exact) mass is 299 g/mol. The summed E-state index contributed by atoms with van der Waals surface area (Å²) in [4.78, 5) is 0.160. The summed E-state index contributed by atoms with van der Waals surface area (Å²) in [6.45, 7) is 2.25. The van der Waals surface area contributed by atoms with Crippen LogP contribution in [-0.4, -0.2) is 33.8 Å². The van der Waals surface area contributed by atoms with Crippen LogP contribution in [0.5, 0.6) is 5.75 Å². The van der Waals surface area contributed by atoms with E-state index in [2.05, 4.69) is 4.72 Å². The smallest absolute Gasteiger partial charge is 0.244 e. The summed E-state index contributed by atoms with van der Waals surface area (Å²) in [5.41, 5.74) is 0.678. The van der Waals surface area contributed by atoms with Crippen LogP contribution in [-0.2, 0) is 16.4 Å². The third kappa shape index (κ3) is 3.13. The molecule has 0 amide bonds. The molecule has 0 aromatic heterocycles. The Morgan fingerprint density at radius 1 is 1.40 bits per heavy atom. The molecular formula is C14H21NO4S. The maximum absolute atomic E-state index is 12.4. The summed E-state index contributed by atoms with van der Waals surface area (Å²) in [6, 6.07) is 5.17. The minimum absolute atomic E-state index is 0.0155. The first kappa shape index (κ1) is 15.3. The number of aliphatic hydroxyl groups is 1. The van der Waals surface area contributed by atoms with Crippen molar-refractivity contribution in [3.05, 3.63) is 23.8 Å². The van der Waals surface area contributed by atoms with Gasteiger partial charge in [-0.1, -0.05) is 13.0 Å². The van der Waals surface area contributed by atoms with Gasteiger partial charge in [0.1, 0.15) is 10.6 Å². The molecule has 0 aliphatic heterocycles. The average Bonchev–Trinajstić information content (AvgIpc) is 3.25. The lowest BCUT2D eigenvalue weighted by atomic mass is 10.1. The van der Waals surface area contributed by atoms with Crippen LogP contribution < -0.4 is 9.46 Å². The van der Waals surface area contributed by atoms with Crippen molar-refractivity contribution in [3.63, 3.8) is 0 Å². The van der Waals surface area contributed by atoms with Crippen LogP contribution in [0.25, 0.3) is 0 Å². The van der Waals surface area contributed by atoms with Crippen molar-refractivity contribution in [1.29, 1.82) is 0 Å². The predicted molar refractivity (Wildman–Crippen MR) is 76.3 cm³/mol. The summed E-state index contributed by atoms with van der Waals surface area (Å²) < 4.78 is 32.5. The van der Waals surface area contributed by atoms with E-state index in [4.69, 9.17) is 4.74 Å². The van der Waals surface area contributed by atoms with Gasteiger partial charge in [-0.15, -0.1) is 0 Å². The minimum atomic E-state index is -3.63. The molecular weight excluding hydrogens is 278 g/mol. The molecule has 0 radical (unpaired) electrons. The molecule has 2 rings (SSSR count).